The number of pyridine rings is 1. The molecule has 0 fully saturated rings. The zero-order chi connectivity index (χ0) is 15.8. The summed E-state index contributed by atoms with van der Waals surface area (Å²) in [5, 5.41) is 11.5. The quantitative estimate of drug-likeness (QED) is 0.722. The predicted octanol–water partition coefficient (Wildman–Crippen LogP) is 0.854. The van der Waals surface area contributed by atoms with Gasteiger partial charge in [-0.1, -0.05) is 13.0 Å². The topological polar surface area (TPSA) is 106 Å². The summed E-state index contributed by atoms with van der Waals surface area (Å²) in [5.74, 6) is -2.93. The van der Waals surface area contributed by atoms with Crippen LogP contribution in [-0.2, 0) is 14.3 Å². The van der Waals surface area contributed by atoms with Gasteiger partial charge >= 0.3 is 11.9 Å². The van der Waals surface area contributed by atoms with E-state index in [0.717, 1.165) is 0 Å². The van der Waals surface area contributed by atoms with E-state index in [-0.39, 0.29) is 18.7 Å². The van der Waals surface area contributed by atoms with Crippen LogP contribution in [0.15, 0.2) is 24.4 Å². The Morgan fingerprint density at radius 1 is 1.38 bits per heavy atom. The number of hydrogen-bond donors (Lipinski definition) is 2. The summed E-state index contributed by atoms with van der Waals surface area (Å²) >= 11 is 0. The minimum atomic E-state index is -1.21. The number of ether oxygens (including phenoxy) is 1. The van der Waals surface area contributed by atoms with E-state index in [1.165, 1.54) is 12.3 Å². The van der Waals surface area contributed by atoms with E-state index in [9.17, 15) is 14.4 Å². The average Bonchev–Trinajstić information content (AvgIpc) is 2.47. The van der Waals surface area contributed by atoms with Crippen molar-refractivity contribution in [2.75, 3.05) is 6.61 Å². The lowest BCUT2D eigenvalue weighted by molar-refractivity contribution is -0.148. The zero-order valence-corrected chi connectivity index (χ0v) is 11.9. The van der Waals surface area contributed by atoms with Crippen molar-refractivity contribution >= 4 is 17.8 Å². The second-order valence-corrected chi connectivity index (χ2v) is 4.47. The van der Waals surface area contributed by atoms with Crippen molar-refractivity contribution in [3.63, 3.8) is 0 Å². The van der Waals surface area contributed by atoms with Gasteiger partial charge in [0.25, 0.3) is 5.91 Å². The first-order valence-corrected chi connectivity index (χ1v) is 6.57. The van der Waals surface area contributed by atoms with E-state index in [0.29, 0.717) is 0 Å². The number of aromatic nitrogens is 1. The molecule has 0 aliphatic carbocycles. The number of rotatable bonds is 7. The Balaban J connectivity index is 2.68. The van der Waals surface area contributed by atoms with E-state index in [4.69, 9.17) is 9.84 Å². The Kier molecular flexibility index (Phi) is 6.32. The number of esters is 1. The second kappa shape index (κ2) is 7.98. The summed E-state index contributed by atoms with van der Waals surface area (Å²) in [6.45, 7) is 3.45. The summed E-state index contributed by atoms with van der Waals surface area (Å²) in [7, 11) is 0. The van der Waals surface area contributed by atoms with Crippen LogP contribution in [0.5, 0.6) is 0 Å². The summed E-state index contributed by atoms with van der Waals surface area (Å²) < 4.78 is 4.82. The highest BCUT2D eigenvalue weighted by Crippen LogP contribution is 2.09. The van der Waals surface area contributed by atoms with E-state index >= 15 is 0 Å². The summed E-state index contributed by atoms with van der Waals surface area (Å²) in [4.78, 5) is 38.4. The maximum Gasteiger partial charge on any atom is 0.326 e. The average molecular weight is 294 g/mol. The largest absolute Gasteiger partial charge is 0.480 e. The fourth-order valence-corrected chi connectivity index (χ4v) is 1.69. The van der Waals surface area contributed by atoms with Crippen LogP contribution in [0, 0.1) is 5.92 Å². The second-order valence-electron chi connectivity index (χ2n) is 4.47. The monoisotopic (exact) mass is 294 g/mol. The van der Waals surface area contributed by atoms with Crippen LogP contribution in [0.4, 0.5) is 0 Å². The van der Waals surface area contributed by atoms with Crippen molar-refractivity contribution in [1.29, 1.82) is 0 Å². The van der Waals surface area contributed by atoms with Gasteiger partial charge < -0.3 is 15.2 Å². The predicted molar refractivity (Wildman–Crippen MR) is 73.5 cm³/mol. The molecular formula is C14H18N2O5. The lowest BCUT2D eigenvalue weighted by Gasteiger charge is -2.17. The van der Waals surface area contributed by atoms with E-state index in [2.05, 4.69) is 10.3 Å². The number of nitrogens with one attached hydrogen (secondary N) is 1. The first-order valence-electron chi connectivity index (χ1n) is 6.57. The molecule has 0 unspecified atom stereocenters. The molecule has 2 N–H and O–H groups in total. The molecule has 7 nitrogen and oxygen atoms in total. The van der Waals surface area contributed by atoms with Gasteiger partial charge in [0.2, 0.25) is 0 Å². The Morgan fingerprint density at radius 2 is 2.10 bits per heavy atom. The van der Waals surface area contributed by atoms with Gasteiger partial charge in [0, 0.05) is 6.20 Å². The molecule has 0 saturated carbocycles. The van der Waals surface area contributed by atoms with E-state index < -0.39 is 29.8 Å². The van der Waals surface area contributed by atoms with Crippen molar-refractivity contribution in [2.45, 2.75) is 26.3 Å². The van der Waals surface area contributed by atoms with Crippen molar-refractivity contribution in [2.24, 2.45) is 5.92 Å². The molecule has 0 radical (unpaired) electrons. The number of hydrogen-bond acceptors (Lipinski definition) is 5. The third-order valence-corrected chi connectivity index (χ3v) is 2.78. The highest BCUT2D eigenvalue weighted by atomic mass is 16.5. The van der Waals surface area contributed by atoms with Crippen LogP contribution < -0.4 is 5.32 Å². The van der Waals surface area contributed by atoms with E-state index in [1.807, 2.05) is 0 Å². The van der Waals surface area contributed by atoms with Crippen molar-refractivity contribution in [3.8, 4) is 0 Å². The molecule has 1 aromatic rings. The molecule has 0 aliphatic heterocycles. The van der Waals surface area contributed by atoms with Crippen molar-refractivity contribution in [3.05, 3.63) is 30.1 Å². The lowest BCUT2D eigenvalue weighted by atomic mass is 10.0. The number of aliphatic carboxylic acids is 1. The van der Waals surface area contributed by atoms with Crippen LogP contribution in [0.3, 0.4) is 0 Å². The van der Waals surface area contributed by atoms with Gasteiger partial charge in [-0.2, -0.15) is 0 Å². The number of carboxylic acids is 1. The van der Waals surface area contributed by atoms with Crippen LogP contribution in [0.2, 0.25) is 0 Å². The fourth-order valence-electron chi connectivity index (χ4n) is 1.69. The van der Waals surface area contributed by atoms with Crippen LogP contribution >= 0.6 is 0 Å². The number of nitrogens with zero attached hydrogens (tertiary/aromatic N) is 1. The molecule has 1 aromatic heterocycles. The van der Waals surface area contributed by atoms with Crippen molar-refractivity contribution in [1.82, 2.24) is 10.3 Å². The molecule has 0 aliphatic rings. The third kappa shape index (κ3) is 5.21. The first kappa shape index (κ1) is 16.6. The van der Waals surface area contributed by atoms with Crippen LogP contribution in [0.1, 0.15) is 30.8 Å². The Hall–Kier alpha value is -2.44. The zero-order valence-electron chi connectivity index (χ0n) is 11.9. The van der Waals surface area contributed by atoms with Gasteiger partial charge in [-0.05, 0) is 25.5 Å². The lowest BCUT2D eigenvalue weighted by Crippen LogP contribution is -2.43. The minimum Gasteiger partial charge on any atom is -0.480 e. The molecular weight excluding hydrogens is 276 g/mol. The third-order valence-electron chi connectivity index (χ3n) is 2.78. The normalized spacial score (nSPS) is 13.0. The van der Waals surface area contributed by atoms with Crippen molar-refractivity contribution < 1.29 is 24.2 Å². The number of carbonyl (C=O) groups is 3. The number of amides is 1. The first-order chi connectivity index (χ1) is 9.95. The molecule has 0 aromatic carbocycles. The maximum absolute atomic E-state index is 11.9. The van der Waals surface area contributed by atoms with Gasteiger partial charge in [-0.3, -0.25) is 14.6 Å². The Labute approximate surface area is 122 Å². The van der Waals surface area contributed by atoms with Crippen LogP contribution in [-0.4, -0.2) is 40.6 Å². The molecule has 1 rings (SSSR count). The van der Waals surface area contributed by atoms with E-state index in [1.54, 1.807) is 26.0 Å². The number of carbonyl (C=O) groups excluding carboxylic acids is 2. The number of carboxylic acid groups (broad SMARTS) is 1. The summed E-state index contributed by atoms with van der Waals surface area (Å²) in [6, 6.07) is 3.56. The minimum absolute atomic E-state index is 0.0489. The molecule has 0 spiro atoms. The standard InChI is InChI=1S/C14H18N2O5/c1-3-21-14(20)9(2)8-11(13(18)19)16-12(17)10-6-4-5-7-15-10/h4-7,9,11H,3,8H2,1-2H3,(H,16,17)(H,18,19)/t9-,11-/m1/s1. The molecule has 1 amide bonds. The van der Waals surface area contributed by atoms with Gasteiger partial charge in [0.15, 0.2) is 0 Å². The Bertz CT molecular complexity index is 503. The summed E-state index contributed by atoms with van der Waals surface area (Å²) in [5.41, 5.74) is 0.118. The molecule has 1 heterocycles. The van der Waals surface area contributed by atoms with Gasteiger partial charge in [-0.15, -0.1) is 0 Å². The Morgan fingerprint density at radius 3 is 2.62 bits per heavy atom. The maximum atomic E-state index is 11.9. The molecule has 7 heteroatoms. The van der Waals surface area contributed by atoms with Gasteiger partial charge in [0.1, 0.15) is 11.7 Å². The summed E-state index contributed by atoms with van der Waals surface area (Å²) in [6.07, 6.45) is 1.39. The highest BCUT2D eigenvalue weighted by molar-refractivity contribution is 5.95. The molecule has 21 heavy (non-hydrogen) atoms. The van der Waals surface area contributed by atoms with Crippen LogP contribution in [0.25, 0.3) is 0 Å². The van der Waals surface area contributed by atoms with Gasteiger partial charge in [-0.25, -0.2) is 4.79 Å². The SMILES string of the molecule is CCOC(=O)[C@H](C)C[C@@H](NC(=O)c1ccccn1)C(=O)O. The van der Waals surface area contributed by atoms with Gasteiger partial charge in [0.05, 0.1) is 12.5 Å². The smallest absolute Gasteiger partial charge is 0.326 e. The molecule has 0 saturated heterocycles. The molecule has 2 atom stereocenters. The highest BCUT2D eigenvalue weighted by Gasteiger charge is 2.27. The fraction of sp³-hybridized carbons (Fsp3) is 0.429. The molecule has 0 bridgehead atoms. The molecule has 114 valence electrons.